The van der Waals surface area contributed by atoms with Crippen molar-refractivity contribution in [3.8, 4) is 0 Å². The molecule has 1 unspecified atom stereocenters. The van der Waals surface area contributed by atoms with Gasteiger partial charge in [0.15, 0.2) is 0 Å². The van der Waals surface area contributed by atoms with E-state index in [-0.39, 0.29) is 18.6 Å². The van der Waals surface area contributed by atoms with Crippen LogP contribution in [0, 0.1) is 0 Å². The lowest BCUT2D eigenvalue weighted by atomic mass is 10.1. The van der Waals surface area contributed by atoms with Gasteiger partial charge in [-0.05, 0) is 31.7 Å². The smallest absolute Gasteiger partial charge is 0.271 e. The van der Waals surface area contributed by atoms with Gasteiger partial charge in [-0.1, -0.05) is 13.8 Å². The third-order valence-corrected chi connectivity index (χ3v) is 2.63. The van der Waals surface area contributed by atoms with Crippen LogP contribution in [0.4, 0.5) is 0 Å². The van der Waals surface area contributed by atoms with Gasteiger partial charge >= 0.3 is 0 Å². The Balaban J connectivity index is 2.51. The van der Waals surface area contributed by atoms with Gasteiger partial charge in [-0.3, -0.25) is 9.89 Å². The van der Waals surface area contributed by atoms with E-state index in [0.29, 0.717) is 18.0 Å². The molecular formula is C12H21N3O2. The minimum Gasteiger partial charge on any atom is -0.396 e. The zero-order valence-corrected chi connectivity index (χ0v) is 10.7. The van der Waals surface area contributed by atoms with E-state index in [1.54, 1.807) is 6.07 Å². The number of aromatic amines is 1. The molecule has 1 aromatic heterocycles. The van der Waals surface area contributed by atoms with E-state index in [2.05, 4.69) is 15.5 Å². The van der Waals surface area contributed by atoms with E-state index in [1.807, 2.05) is 20.8 Å². The highest BCUT2D eigenvalue weighted by molar-refractivity contribution is 5.92. The molecule has 0 aliphatic heterocycles. The maximum absolute atomic E-state index is 11.8. The van der Waals surface area contributed by atoms with Crippen molar-refractivity contribution in [1.29, 1.82) is 0 Å². The van der Waals surface area contributed by atoms with E-state index in [1.165, 1.54) is 0 Å². The number of amides is 1. The van der Waals surface area contributed by atoms with Gasteiger partial charge in [-0.2, -0.15) is 5.10 Å². The number of hydrogen-bond acceptors (Lipinski definition) is 3. The quantitative estimate of drug-likeness (QED) is 0.702. The molecule has 17 heavy (non-hydrogen) atoms. The first kappa shape index (κ1) is 13.7. The highest BCUT2D eigenvalue weighted by atomic mass is 16.3. The number of H-pyrrole nitrogens is 1. The average molecular weight is 239 g/mol. The Labute approximate surface area is 102 Å². The highest BCUT2D eigenvalue weighted by Crippen LogP contribution is 2.11. The van der Waals surface area contributed by atoms with Crippen molar-refractivity contribution >= 4 is 5.91 Å². The van der Waals surface area contributed by atoms with Crippen molar-refractivity contribution in [2.45, 2.75) is 45.6 Å². The Hall–Kier alpha value is -1.36. The van der Waals surface area contributed by atoms with Crippen molar-refractivity contribution in [2.24, 2.45) is 0 Å². The van der Waals surface area contributed by atoms with E-state index in [4.69, 9.17) is 5.11 Å². The molecule has 0 aliphatic carbocycles. The molecule has 0 aliphatic rings. The van der Waals surface area contributed by atoms with Gasteiger partial charge in [0.2, 0.25) is 0 Å². The third-order valence-electron chi connectivity index (χ3n) is 2.63. The van der Waals surface area contributed by atoms with Crippen LogP contribution in [-0.2, 0) is 0 Å². The maximum atomic E-state index is 11.8. The van der Waals surface area contributed by atoms with Gasteiger partial charge in [-0.25, -0.2) is 0 Å². The van der Waals surface area contributed by atoms with Crippen molar-refractivity contribution in [3.63, 3.8) is 0 Å². The standard InChI is InChI=1S/C12H21N3O2/c1-8(2)10-7-11(15-14-10)12(17)13-9(3)5-4-6-16/h7-9,16H,4-6H2,1-3H3,(H,13,17)(H,14,15). The minimum absolute atomic E-state index is 0.0499. The summed E-state index contributed by atoms with van der Waals surface area (Å²) in [6.45, 7) is 6.15. The molecule has 0 saturated carbocycles. The van der Waals surface area contributed by atoms with Crippen molar-refractivity contribution in [2.75, 3.05) is 6.61 Å². The molecule has 96 valence electrons. The number of rotatable bonds is 6. The van der Waals surface area contributed by atoms with Crippen LogP contribution in [-0.4, -0.2) is 33.9 Å². The number of carbonyl (C=O) groups is 1. The SMILES string of the molecule is CC(CCCO)NC(=O)c1cc(C(C)C)[nH]n1. The lowest BCUT2D eigenvalue weighted by Crippen LogP contribution is -2.32. The maximum Gasteiger partial charge on any atom is 0.271 e. The van der Waals surface area contributed by atoms with Crippen LogP contribution in [0.15, 0.2) is 6.07 Å². The molecule has 0 radical (unpaired) electrons. The second-order valence-corrected chi connectivity index (χ2v) is 4.60. The third kappa shape index (κ3) is 4.19. The Morgan fingerprint density at radius 1 is 1.53 bits per heavy atom. The minimum atomic E-state index is -0.168. The molecule has 0 aromatic carbocycles. The molecule has 0 saturated heterocycles. The van der Waals surface area contributed by atoms with Gasteiger partial charge < -0.3 is 10.4 Å². The first-order valence-electron chi connectivity index (χ1n) is 6.01. The summed E-state index contributed by atoms with van der Waals surface area (Å²) < 4.78 is 0. The first-order chi connectivity index (χ1) is 8.04. The van der Waals surface area contributed by atoms with Crippen LogP contribution in [0.2, 0.25) is 0 Å². The predicted octanol–water partition coefficient (Wildman–Crippen LogP) is 1.42. The number of hydrogen-bond donors (Lipinski definition) is 3. The fraction of sp³-hybridized carbons (Fsp3) is 0.667. The molecular weight excluding hydrogens is 218 g/mol. The fourth-order valence-electron chi connectivity index (χ4n) is 1.52. The molecule has 1 atom stereocenters. The monoisotopic (exact) mass is 239 g/mol. The van der Waals surface area contributed by atoms with Crippen LogP contribution >= 0.6 is 0 Å². The fourth-order valence-corrected chi connectivity index (χ4v) is 1.52. The number of carbonyl (C=O) groups excluding carboxylic acids is 1. The lowest BCUT2D eigenvalue weighted by molar-refractivity contribution is 0.0931. The Morgan fingerprint density at radius 3 is 2.76 bits per heavy atom. The molecule has 0 spiro atoms. The Bertz CT molecular complexity index is 360. The summed E-state index contributed by atoms with van der Waals surface area (Å²) in [6.07, 6.45) is 1.46. The first-order valence-corrected chi connectivity index (χ1v) is 6.01. The predicted molar refractivity (Wildman–Crippen MR) is 65.9 cm³/mol. The number of aromatic nitrogens is 2. The van der Waals surface area contributed by atoms with Gasteiger partial charge in [0, 0.05) is 18.3 Å². The normalized spacial score (nSPS) is 12.8. The molecule has 5 heteroatoms. The number of aliphatic hydroxyl groups excluding tert-OH is 1. The van der Waals surface area contributed by atoms with Crippen LogP contribution in [0.5, 0.6) is 0 Å². The topological polar surface area (TPSA) is 78.0 Å². The number of nitrogens with zero attached hydrogens (tertiary/aromatic N) is 1. The summed E-state index contributed by atoms with van der Waals surface area (Å²) in [6, 6.07) is 1.83. The number of nitrogens with one attached hydrogen (secondary N) is 2. The summed E-state index contributed by atoms with van der Waals surface area (Å²) in [5, 5.41) is 18.4. The van der Waals surface area contributed by atoms with E-state index < -0.39 is 0 Å². The zero-order chi connectivity index (χ0) is 12.8. The molecule has 1 rings (SSSR count). The molecule has 3 N–H and O–H groups in total. The summed E-state index contributed by atoms with van der Waals surface area (Å²) in [5.41, 5.74) is 1.38. The molecule has 0 fully saturated rings. The highest BCUT2D eigenvalue weighted by Gasteiger charge is 2.13. The molecule has 1 aromatic rings. The van der Waals surface area contributed by atoms with Gasteiger partial charge in [0.05, 0.1) is 0 Å². The lowest BCUT2D eigenvalue weighted by Gasteiger charge is -2.11. The molecule has 1 amide bonds. The van der Waals surface area contributed by atoms with Crippen molar-refractivity contribution in [1.82, 2.24) is 15.5 Å². The zero-order valence-electron chi connectivity index (χ0n) is 10.7. The second-order valence-electron chi connectivity index (χ2n) is 4.60. The van der Waals surface area contributed by atoms with Crippen molar-refractivity contribution in [3.05, 3.63) is 17.5 Å². The van der Waals surface area contributed by atoms with E-state index >= 15 is 0 Å². The van der Waals surface area contributed by atoms with Crippen LogP contribution in [0.1, 0.15) is 55.7 Å². The van der Waals surface area contributed by atoms with Gasteiger partial charge in [0.1, 0.15) is 5.69 Å². The van der Waals surface area contributed by atoms with E-state index in [0.717, 1.165) is 12.1 Å². The summed E-state index contributed by atoms with van der Waals surface area (Å²) in [5.74, 6) is 0.162. The van der Waals surface area contributed by atoms with Crippen molar-refractivity contribution < 1.29 is 9.90 Å². The van der Waals surface area contributed by atoms with Crippen LogP contribution in [0.3, 0.4) is 0 Å². The Kier molecular flexibility index (Phi) is 5.15. The Morgan fingerprint density at radius 2 is 2.24 bits per heavy atom. The van der Waals surface area contributed by atoms with E-state index in [9.17, 15) is 4.79 Å². The summed E-state index contributed by atoms with van der Waals surface area (Å²) >= 11 is 0. The summed E-state index contributed by atoms with van der Waals surface area (Å²) in [4.78, 5) is 11.8. The van der Waals surface area contributed by atoms with Gasteiger partial charge in [0.25, 0.3) is 5.91 Å². The van der Waals surface area contributed by atoms with Crippen LogP contribution < -0.4 is 5.32 Å². The number of aliphatic hydroxyl groups is 1. The summed E-state index contributed by atoms with van der Waals surface area (Å²) in [7, 11) is 0. The largest absolute Gasteiger partial charge is 0.396 e. The van der Waals surface area contributed by atoms with Crippen LogP contribution in [0.25, 0.3) is 0 Å². The molecule has 0 bridgehead atoms. The molecule has 5 nitrogen and oxygen atoms in total. The average Bonchev–Trinajstić information content (AvgIpc) is 2.75. The molecule has 1 heterocycles. The van der Waals surface area contributed by atoms with Gasteiger partial charge in [-0.15, -0.1) is 0 Å². The second kappa shape index (κ2) is 6.39.